The predicted molar refractivity (Wildman–Crippen MR) is 135 cm³/mol. The lowest BCUT2D eigenvalue weighted by molar-refractivity contribution is -0.0337. The number of hydrogen-bond acceptors (Lipinski definition) is 4. The van der Waals surface area contributed by atoms with Crippen molar-refractivity contribution in [1.29, 1.82) is 0 Å². The van der Waals surface area contributed by atoms with Gasteiger partial charge < -0.3 is 19.6 Å². The van der Waals surface area contributed by atoms with Crippen LogP contribution in [0.15, 0.2) is 40.9 Å². The van der Waals surface area contributed by atoms with E-state index in [2.05, 4.69) is 32.8 Å². The van der Waals surface area contributed by atoms with Crippen LogP contribution in [0.5, 0.6) is 5.75 Å². The Bertz CT molecular complexity index is 946. The molecule has 0 amide bonds. The van der Waals surface area contributed by atoms with Gasteiger partial charge in [0.2, 0.25) is 0 Å². The highest BCUT2D eigenvalue weighted by Crippen LogP contribution is 2.42. The van der Waals surface area contributed by atoms with Gasteiger partial charge in [0.15, 0.2) is 0 Å². The van der Waals surface area contributed by atoms with Gasteiger partial charge in [-0.25, -0.2) is 4.39 Å². The van der Waals surface area contributed by atoms with Crippen LogP contribution < -0.4 is 4.74 Å². The van der Waals surface area contributed by atoms with Gasteiger partial charge in [-0.05, 0) is 49.7 Å². The van der Waals surface area contributed by atoms with Crippen LogP contribution in [0.3, 0.4) is 0 Å². The van der Waals surface area contributed by atoms with Crippen LogP contribution in [0.2, 0.25) is 5.02 Å². The van der Waals surface area contributed by atoms with Gasteiger partial charge in [0, 0.05) is 48.7 Å². The minimum atomic E-state index is -0.714. The second-order valence-electron chi connectivity index (χ2n) is 9.53. The Balaban J connectivity index is 1.52. The highest BCUT2D eigenvalue weighted by atomic mass is 79.9. The third-order valence-corrected chi connectivity index (χ3v) is 7.95. The Morgan fingerprint density at radius 2 is 1.82 bits per heavy atom. The van der Waals surface area contributed by atoms with E-state index in [-0.39, 0.29) is 18.3 Å². The van der Waals surface area contributed by atoms with E-state index >= 15 is 0 Å². The van der Waals surface area contributed by atoms with Crippen molar-refractivity contribution in [3.05, 3.63) is 62.8 Å². The van der Waals surface area contributed by atoms with Gasteiger partial charge in [-0.3, -0.25) is 0 Å². The minimum Gasteiger partial charge on any atom is -0.487 e. The molecule has 1 heterocycles. The summed E-state index contributed by atoms with van der Waals surface area (Å²) in [6, 6.07) is 10.7. The summed E-state index contributed by atoms with van der Waals surface area (Å²) in [5, 5.41) is 12.2. The van der Waals surface area contributed by atoms with Crippen molar-refractivity contribution in [2.24, 2.45) is 0 Å². The highest BCUT2D eigenvalue weighted by Gasteiger charge is 2.40. The van der Waals surface area contributed by atoms with Crippen molar-refractivity contribution in [2.45, 2.75) is 50.2 Å². The zero-order valence-electron chi connectivity index (χ0n) is 19.2. The lowest BCUT2D eigenvalue weighted by atomic mass is 9.72. The van der Waals surface area contributed by atoms with Gasteiger partial charge in [0.25, 0.3) is 0 Å². The molecule has 0 bridgehead atoms. The first kappa shape index (κ1) is 24.9. The molecule has 1 N–H and O–H groups in total. The average Bonchev–Trinajstić information content (AvgIpc) is 2.79. The molecule has 1 unspecified atom stereocenters. The van der Waals surface area contributed by atoms with Crippen molar-refractivity contribution < 1.29 is 14.2 Å². The molecular weight excluding hydrogens is 507 g/mol. The summed E-state index contributed by atoms with van der Waals surface area (Å²) in [6.07, 6.45) is 4.95. The maximum absolute atomic E-state index is 14.1. The number of benzene rings is 2. The van der Waals surface area contributed by atoms with Crippen LogP contribution >= 0.6 is 27.5 Å². The molecule has 2 aromatic carbocycles. The van der Waals surface area contributed by atoms with E-state index in [1.54, 1.807) is 12.1 Å². The Kier molecular flexibility index (Phi) is 8.34. The number of rotatable bonds is 7. The van der Waals surface area contributed by atoms with Crippen LogP contribution in [-0.2, 0) is 6.61 Å². The molecule has 1 saturated carbocycles. The Labute approximate surface area is 209 Å². The molecule has 0 spiro atoms. The summed E-state index contributed by atoms with van der Waals surface area (Å²) < 4.78 is 20.7. The standard InChI is InChI=1S/C26H33BrClFN2O2/c1-30-11-13-31(14-12-30)17-22(26(32)9-3-2-4-10-26)19-6-8-25(23(28)15-19)33-18-20-5-7-21(27)16-24(20)29/h5-8,15-16,22,32H,2-4,9-14,17-18H2,1H3. The lowest BCUT2D eigenvalue weighted by Gasteiger charge is -2.43. The first-order valence-electron chi connectivity index (χ1n) is 11.8. The Hall–Kier alpha value is -1.18. The second-order valence-corrected chi connectivity index (χ2v) is 10.9. The predicted octanol–water partition coefficient (Wildman–Crippen LogP) is 5.85. The summed E-state index contributed by atoms with van der Waals surface area (Å²) in [5.41, 5.74) is 0.807. The topological polar surface area (TPSA) is 35.9 Å². The van der Waals surface area contributed by atoms with Gasteiger partial charge in [-0.15, -0.1) is 0 Å². The summed E-state index contributed by atoms with van der Waals surface area (Å²) in [6.45, 7) is 5.04. The van der Waals surface area contributed by atoms with Gasteiger partial charge in [-0.2, -0.15) is 0 Å². The van der Waals surface area contributed by atoms with Crippen LogP contribution in [-0.4, -0.2) is 60.3 Å². The van der Waals surface area contributed by atoms with Crippen molar-refractivity contribution in [3.8, 4) is 5.75 Å². The van der Waals surface area contributed by atoms with Gasteiger partial charge in [0.05, 0.1) is 10.6 Å². The fraction of sp³-hybridized carbons (Fsp3) is 0.538. The average molecular weight is 540 g/mol. The van der Waals surface area contributed by atoms with E-state index < -0.39 is 5.60 Å². The first-order valence-corrected chi connectivity index (χ1v) is 13.0. The maximum Gasteiger partial charge on any atom is 0.138 e. The van der Waals surface area contributed by atoms with Gasteiger partial charge in [-0.1, -0.05) is 58.9 Å². The Morgan fingerprint density at radius 3 is 2.48 bits per heavy atom. The zero-order valence-corrected chi connectivity index (χ0v) is 21.5. The van der Waals surface area contributed by atoms with Crippen LogP contribution in [0, 0.1) is 5.82 Å². The summed E-state index contributed by atoms with van der Waals surface area (Å²) in [4.78, 5) is 4.81. The van der Waals surface area contributed by atoms with Crippen molar-refractivity contribution >= 4 is 27.5 Å². The summed E-state index contributed by atoms with van der Waals surface area (Å²) >= 11 is 9.90. The monoisotopic (exact) mass is 538 g/mol. The van der Waals surface area contributed by atoms with Crippen LogP contribution in [0.4, 0.5) is 4.39 Å². The fourth-order valence-corrected chi connectivity index (χ4v) is 5.61. The minimum absolute atomic E-state index is 0.00308. The number of ether oxygens (including phenoxy) is 1. The highest BCUT2D eigenvalue weighted by molar-refractivity contribution is 9.10. The van der Waals surface area contributed by atoms with Gasteiger partial charge >= 0.3 is 0 Å². The molecule has 1 saturated heterocycles. The largest absolute Gasteiger partial charge is 0.487 e. The Morgan fingerprint density at radius 1 is 1.09 bits per heavy atom. The molecule has 0 aromatic heterocycles. The molecule has 4 rings (SSSR count). The van der Waals surface area contributed by atoms with Crippen molar-refractivity contribution in [1.82, 2.24) is 9.80 Å². The van der Waals surface area contributed by atoms with Gasteiger partial charge in [0.1, 0.15) is 18.2 Å². The molecule has 7 heteroatoms. The molecule has 1 aliphatic carbocycles. The number of piperazine rings is 1. The first-order chi connectivity index (χ1) is 15.8. The molecule has 180 valence electrons. The van der Waals surface area contributed by atoms with Crippen LogP contribution in [0.25, 0.3) is 0 Å². The van der Waals surface area contributed by atoms with E-state index in [0.29, 0.717) is 20.8 Å². The van der Waals surface area contributed by atoms with E-state index in [1.807, 2.05) is 18.2 Å². The molecule has 2 fully saturated rings. The molecule has 1 aliphatic heterocycles. The van der Waals surface area contributed by atoms with E-state index in [9.17, 15) is 9.50 Å². The number of halogens is 3. The number of hydrogen-bond donors (Lipinski definition) is 1. The zero-order chi connectivity index (χ0) is 23.4. The van der Waals surface area contributed by atoms with E-state index in [0.717, 1.165) is 64.0 Å². The van der Waals surface area contributed by atoms with Crippen LogP contribution in [0.1, 0.15) is 49.1 Å². The number of likely N-dealkylation sites (N-methyl/N-ethyl adjacent to an activating group) is 1. The smallest absolute Gasteiger partial charge is 0.138 e. The molecule has 1 atom stereocenters. The lowest BCUT2D eigenvalue weighted by Crippen LogP contribution is -2.50. The quantitative estimate of drug-likeness (QED) is 0.479. The molecular formula is C26H33BrClFN2O2. The molecule has 4 nitrogen and oxygen atoms in total. The molecule has 33 heavy (non-hydrogen) atoms. The summed E-state index contributed by atoms with van der Waals surface area (Å²) in [7, 11) is 2.15. The molecule has 2 aliphatic rings. The third-order valence-electron chi connectivity index (χ3n) is 7.16. The number of nitrogens with zero attached hydrogens (tertiary/aromatic N) is 2. The van der Waals surface area contributed by atoms with E-state index in [1.165, 1.54) is 12.5 Å². The van der Waals surface area contributed by atoms with Crippen molar-refractivity contribution in [3.63, 3.8) is 0 Å². The third kappa shape index (κ3) is 6.29. The summed E-state index contributed by atoms with van der Waals surface area (Å²) in [5.74, 6) is 0.206. The second kappa shape index (κ2) is 11.0. The number of aliphatic hydroxyl groups is 1. The maximum atomic E-state index is 14.1. The SMILES string of the molecule is CN1CCN(CC(c2ccc(OCc3ccc(Br)cc3F)c(Cl)c2)C2(O)CCCCC2)CC1. The normalized spacial score (nSPS) is 20.5. The fourth-order valence-electron chi connectivity index (χ4n) is 5.03. The van der Waals surface area contributed by atoms with E-state index in [4.69, 9.17) is 16.3 Å². The molecule has 2 aromatic rings. The van der Waals surface area contributed by atoms with Crippen molar-refractivity contribution in [2.75, 3.05) is 39.8 Å². The molecule has 0 radical (unpaired) electrons.